The highest BCUT2D eigenvalue weighted by Gasteiger charge is 2.26. The van der Waals surface area contributed by atoms with Gasteiger partial charge in [0.05, 0.1) is 11.1 Å². The van der Waals surface area contributed by atoms with E-state index in [1.165, 1.54) is 0 Å². The average Bonchev–Trinajstić information content (AvgIpc) is 2.84. The van der Waals surface area contributed by atoms with Crippen molar-refractivity contribution in [3.8, 4) is 5.75 Å². The van der Waals surface area contributed by atoms with Crippen molar-refractivity contribution in [1.29, 1.82) is 0 Å². The molecule has 3 unspecified atom stereocenters. The Labute approximate surface area is 145 Å². The zero-order chi connectivity index (χ0) is 15.4. The van der Waals surface area contributed by atoms with Crippen LogP contribution in [0, 0.1) is 5.92 Å². The number of benzene rings is 1. The Hall–Kier alpha value is -0.720. The van der Waals surface area contributed by atoms with Gasteiger partial charge in [-0.15, -0.1) is 12.4 Å². The Kier molecular flexibility index (Phi) is 7.72. The summed E-state index contributed by atoms with van der Waals surface area (Å²) in [6.45, 7) is 3.31. The standard InChI is InChI=1S/C14H18Cl2N2O3.ClH/c1-8(21-13-3-2-10(15)4-11(13)16)14(20)18-6-9-5-17-7-12(9)19;/h2-4,8-9,12,17,19H,5-7H2,1H3,(H,18,20);1H. The fourth-order valence-electron chi connectivity index (χ4n) is 2.12. The molecule has 1 aromatic rings. The molecule has 0 saturated carbocycles. The molecule has 1 amide bonds. The molecule has 3 N–H and O–H groups in total. The molecule has 1 heterocycles. The van der Waals surface area contributed by atoms with Crippen LogP contribution >= 0.6 is 35.6 Å². The minimum atomic E-state index is -0.685. The molecular weight excluding hydrogens is 351 g/mol. The third-order valence-electron chi connectivity index (χ3n) is 3.41. The Bertz CT molecular complexity index is 516. The SMILES string of the molecule is CC(Oc1ccc(Cl)cc1Cl)C(=O)NCC1CNCC1O.Cl. The number of carbonyl (C=O) groups excluding carboxylic acids is 1. The van der Waals surface area contributed by atoms with E-state index in [0.717, 1.165) is 0 Å². The predicted molar refractivity (Wildman–Crippen MR) is 89.2 cm³/mol. The van der Waals surface area contributed by atoms with Crippen molar-refractivity contribution in [2.24, 2.45) is 5.92 Å². The molecule has 1 fully saturated rings. The van der Waals surface area contributed by atoms with Crippen LogP contribution < -0.4 is 15.4 Å². The zero-order valence-electron chi connectivity index (χ0n) is 12.0. The van der Waals surface area contributed by atoms with E-state index < -0.39 is 12.2 Å². The number of ether oxygens (including phenoxy) is 1. The van der Waals surface area contributed by atoms with E-state index in [1.807, 2.05) is 0 Å². The van der Waals surface area contributed by atoms with E-state index in [0.29, 0.717) is 35.4 Å². The topological polar surface area (TPSA) is 70.6 Å². The van der Waals surface area contributed by atoms with Gasteiger partial charge >= 0.3 is 0 Å². The zero-order valence-corrected chi connectivity index (χ0v) is 14.3. The Morgan fingerprint density at radius 2 is 2.23 bits per heavy atom. The second-order valence-electron chi connectivity index (χ2n) is 5.07. The number of halogens is 3. The maximum atomic E-state index is 12.0. The molecule has 0 bridgehead atoms. The monoisotopic (exact) mass is 368 g/mol. The highest BCUT2D eigenvalue weighted by Crippen LogP contribution is 2.28. The molecule has 0 radical (unpaired) electrons. The normalized spacial score (nSPS) is 21.8. The molecule has 2 rings (SSSR count). The number of aliphatic hydroxyl groups is 1. The number of hydrogen-bond acceptors (Lipinski definition) is 4. The summed E-state index contributed by atoms with van der Waals surface area (Å²) < 4.78 is 5.52. The Morgan fingerprint density at radius 3 is 2.82 bits per heavy atom. The number of hydrogen-bond donors (Lipinski definition) is 3. The second-order valence-corrected chi connectivity index (χ2v) is 5.91. The molecule has 0 spiro atoms. The maximum absolute atomic E-state index is 12.0. The van der Waals surface area contributed by atoms with Crippen molar-refractivity contribution in [3.05, 3.63) is 28.2 Å². The quantitative estimate of drug-likeness (QED) is 0.741. The van der Waals surface area contributed by atoms with Gasteiger partial charge in [0, 0.05) is 30.6 Å². The number of carbonyl (C=O) groups is 1. The van der Waals surface area contributed by atoms with Crippen LogP contribution in [0.3, 0.4) is 0 Å². The molecule has 1 aliphatic heterocycles. The predicted octanol–water partition coefficient (Wildman–Crippen LogP) is 1.88. The molecule has 1 aliphatic rings. The highest BCUT2D eigenvalue weighted by atomic mass is 35.5. The van der Waals surface area contributed by atoms with Gasteiger partial charge < -0.3 is 20.5 Å². The van der Waals surface area contributed by atoms with Crippen molar-refractivity contribution in [3.63, 3.8) is 0 Å². The lowest BCUT2D eigenvalue weighted by atomic mass is 10.1. The third-order valence-corrected chi connectivity index (χ3v) is 3.94. The largest absolute Gasteiger partial charge is 0.479 e. The molecule has 22 heavy (non-hydrogen) atoms. The van der Waals surface area contributed by atoms with E-state index in [-0.39, 0.29) is 24.2 Å². The van der Waals surface area contributed by atoms with Crippen LogP contribution in [0.25, 0.3) is 0 Å². The number of amides is 1. The molecule has 8 heteroatoms. The van der Waals surface area contributed by atoms with Crippen molar-refractivity contribution in [2.45, 2.75) is 19.1 Å². The number of rotatable bonds is 5. The highest BCUT2D eigenvalue weighted by molar-refractivity contribution is 6.35. The molecule has 0 aromatic heterocycles. The molecule has 1 aromatic carbocycles. The lowest BCUT2D eigenvalue weighted by molar-refractivity contribution is -0.127. The fraction of sp³-hybridized carbons (Fsp3) is 0.500. The summed E-state index contributed by atoms with van der Waals surface area (Å²) in [5.41, 5.74) is 0. The van der Waals surface area contributed by atoms with E-state index in [4.69, 9.17) is 27.9 Å². The van der Waals surface area contributed by atoms with Crippen molar-refractivity contribution in [2.75, 3.05) is 19.6 Å². The summed E-state index contributed by atoms with van der Waals surface area (Å²) in [6.07, 6.45) is -1.11. The number of aliphatic hydroxyl groups excluding tert-OH is 1. The number of nitrogens with one attached hydrogen (secondary N) is 2. The second kappa shape index (κ2) is 8.79. The first-order valence-corrected chi connectivity index (χ1v) is 7.51. The van der Waals surface area contributed by atoms with Crippen molar-refractivity contribution >= 4 is 41.5 Å². The summed E-state index contributed by atoms with van der Waals surface area (Å²) in [7, 11) is 0. The first kappa shape index (κ1) is 19.3. The number of β-amino-alcohol motifs (C(OH)–C–C–N with tert-alkyl or cyclic N) is 1. The Morgan fingerprint density at radius 1 is 1.50 bits per heavy atom. The van der Waals surface area contributed by atoms with E-state index in [2.05, 4.69) is 10.6 Å². The molecule has 3 atom stereocenters. The van der Waals surface area contributed by atoms with Crippen LogP contribution in [0.1, 0.15) is 6.92 Å². The minimum absolute atomic E-state index is 0. The molecule has 0 aliphatic carbocycles. The Balaban J connectivity index is 0.00000242. The van der Waals surface area contributed by atoms with Crippen LogP contribution in [-0.2, 0) is 4.79 Å². The van der Waals surface area contributed by atoms with Gasteiger partial charge in [0.25, 0.3) is 5.91 Å². The molecule has 5 nitrogen and oxygen atoms in total. The van der Waals surface area contributed by atoms with Gasteiger partial charge in [0.2, 0.25) is 0 Å². The van der Waals surface area contributed by atoms with Gasteiger partial charge in [-0.05, 0) is 25.1 Å². The summed E-state index contributed by atoms with van der Waals surface area (Å²) >= 11 is 11.8. The van der Waals surface area contributed by atoms with Gasteiger partial charge in [0.15, 0.2) is 6.10 Å². The van der Waals surface area contributed by atoms with E-state index in [9.17, 15) is 9.90 Å². The van der Waals surface area contributed by atoms with Crippen LogP contribution in [0.5, 0.6) is 5.75 Å². The van der Waals surface area contributed by atoms with Gasteiger partial charge in [-0.1, -0.05) is 23.2 Å². The van der Waals surface area contributed by atoms with E-state index >= 15 is 0 Å². The lowest BCUT2D eigenvalue weighted by Crippen LogP contribution is -2.41. The van der Waals surface area contributed by atoms with Crippen LogP contribution in [0.15, 0.2) is 18.2 Å². The first-order valence-electron chi connectivity index (χ1n) is 6.75. The molecular formula is C14H19Cl3N2O3. The minimum Gasteiger partial charge on any atom is -0.479 e. The molecule has 1 saturated heterocycles. The molecule has 124 valence electrons. The average molecular weight is 370 g/mol. The van der Waals surface area contributed by atoms with Gasteiger partial charge in [-0.3, -0.25) is 4.79 Å². The first-order chi connectivity index (χ1) is 9.97. The van der Waals surface area contributed by atoms with Crippen LogP contribution in [-0.4, -0.2) is 42.9 Å². The summed E-state index contributed by atoms with van der Waals surface area (Å²) in [5.74, 6) is 0.187. The van der Waals surface area contributed by atoms with Gasteiger partial charge in [-0.2, -0.15) is 0 Å². The fourth-order valence-corrected chi connectivity index (χ4v) is 2.57. The van der Waals surface area contributed by atoms with Gasteiger partial charge in [-0.25, -0.2) is 0 Å². The van der Waals surface area contributed by atoms with Crippen LogP contribution in [0.2, 0.25) is 10.0 Å². The maximum Gasteiger partial charge on any atom is 0.260 e. The third kappa shape index (κ3) is 5.18. The van der Waals surface area contributed by atoms with Crippen LogP contribution in [0.4, 0.5) is 0 Å². The van der Waals surface area contributed by atoms with E-state index in [1.54, 1.807) is 25.1 Å². The summed E-state index contributed by atoms with van der Waals surface area (Å²) in [4.78, 5) is 12.0. The summed E-state index contributed by atoms with van der Waals surface area (Å²) in [5, 5.41) is 16.4. The van der Waals surface area contributed by atoms with Crippen molar-refractivity contribution in [1.82, 2.24) is 10.6 Å². The smallest absolute Gasteiger partial charge is 0.260 e. The van der Waals surface area contributed by atoms with Gasteiger partial charge in [0.1, 0.15) is 5.75 Å². The van der Waals surface area contributed by atoms with Crippen molar-refractivity contribution < 1.29 is 14.6 Å². The lowest BCUT2D eigenvalue weighted by Gasteiger charge is -2.18. The summed E-state index contributed by atoms with van der Waals surface area (Å²) in [6, 6.07) is 4.83.